The van der Waals surface area contributed by atoms with Crippen molar-refractivity contribution in [3.63, 3.8) is 0 Å². The van der Waals surface area contributed by atoms with Gasteiger partial charge in [-0.2, -0.15) is 4.99 Å². The van der Waals surface area contributed by atoms with E-state index in [1.807, 2.05) is 17.0 Å². The third kappa shape index (κ3) is 4.75. The molecule has 1 aliphatic heterocycles. The topological polar surface area (TPSA) is 83.2 Å². The van der Waals surface area contributed by atoms with Crippen LogP contribution in [0.2, 0.25) is 0 Å². The molecule has 0 radical (unpaired) electrons. The highest BCUT2D eigenvalue weighted by atomic mass is 15.3. The summed E-state index contributed by atoms with van der Waals surface area (Å²) >= 11 is 0. The fraction of sp³-hybridized carbons (Fsp3) is 0.467. The minimum absolute atomic E-state index is 0.229. The van der Waals surface area contributed by atoms with Gasteiger partial charge in [-0.05, 0) is 19.5 Å². The lowest BCUT2D eigenvalue weighted by molar-refractivity contribution is 0.214. The average molecular weight is 288 g/mol. The summed E-state index contributed by atoms with van der Waals surface area (Å²) in [6.07, 6.45) is 0. The molecule has 0 spiro atoms. The molecule has 6 nitrogen and oxygen atoms in total. The molecular formula is C15H24N6. The highest BCUT2D eigenvalue weighted by Gasteiger charge is 2.15. The predicted molar refractivity (Wildman–Crippen MR) is 87.2 cm³/mol. The van der Waals surface area contributed by atoms with Crippen LogP contribution in [-0.4, -0.2) is 54.9 Å². The van der Waals surface area contributed by atoms with Crippen molar-refractivity contribution >= 4 is 11.9 Å². The van der Waals surface area contributed by atoms with E-state index in [4.69, 9.17) is 11.5 Å². The summed E-state index contributed by atoms with van der Waals surface area (Å²) in [6, 6.07) is 8.20. The molecule has 0 aliphatic carbocycles. The summed E-state index contributed by atoms with van der Waals surface area (Å²) < 4.78 is 0. The lowest BCUT2D eigenvalue weighted by Gasteiger charge is -2.32. The van der Waals surface area contributed by atoms with Crippen molar-refractivity contribution in [2.24, 2.45) is 21.5 Å². The molecule has 6 heteroatoms. The maximum atomic E-state index is 5.98. The quantitative estimate of drug-likeness (QED) is 0.608. The van der Waals surface area contributed by atoms with Crippen molar-refractivity contribution in [1.29, 1.82) is 0 Å². The van der Waals surface area contributed by atoms with Crippen molar-refractivity contribution < 1.29 is 0 Å². The van der Waals surface area contributed by atoms with Crippen LogP contribution < -0.4 is 11.5 Å². The lowest BCUT2D eigenvalue weighted by atomic mass is 10.1. The summed E-state index contributed by atoms with van der Waals surface area (Å²) in [7, 11) is 2.10. The van der Waals surface area contributed by atoms with Crippen molar-refractivity contribution in [2.45, 2.75) is 13.5 Å². The number of aryl methyl sites for hydroxylation is 1. The SMILES string of the molecule is Cc1ccc(CN=C(N)N=C(N)N2CCN(C)CC2)cc1. The molecule has 0 unspecified atom stereocenters. The highest BCUT2D eigenvalue weighted by Crippen LogP contribution is 2.04. The summed E-state index contributed by atoms with van der Waals surface area (Å²) in [5.41, 5.74) is 14.1. The Morgan fingerprint density at radius 1 is 1.10 bits per heavy atom. The van der Waals surface area contributed by atoms with Gasteiger partial charge >= 0.3 is 0 Å². The van der Waals surface area contributed by atoms with Crippen LogP contribution in [0.15, 0.2) is 34.3 Å². The zero-order valence-corrected chi connectivity index (χ0v) is 12.8. The molecule has 0 atom stereocenters. The summed E-state index contributed by atoms with van der Waals surface area (Å²) in [6.45, 7) is 6.29. The van der Waals surface area contributed by atoms with Gasteiger partial charge in [0.05, 0.1) is 6.54 Å². The monoisotopic (exact) mass is 288 g/mol. The van der Waals surface area contributed by atoms with Crippen molar-refractivity contribution in [3.05, 3.63) is 35.4 Å². The first-order valence-electron chi connectivity index (χ1n) is 7.18. The van der Waals surface area contributed by atoms with Gasteiger partial charge in [-0.25, -0.2) is 4.99 Å². The van der Waals surface area contributed by atoms with E-state index in [9.17, 15) is 0 Å². The standard InChI is InChI=1S/C15H24N6/c1-12-3-5-13(6-4-12)11-18-14(16)19-15(17)21-9-7-20(2)8-10-21/h3-6H,7-11H2,1-2H3,(H4,16,17,18,19). The Balaban J connectivity index is 1.92. The van der Waals surface area contributed by atoms with Gasteiger partial charge in [-0.15, -0.1) is 0 Å². The Bertz CT molecular complexity index is 511. The summed E-state index contributed by atoms with van der Waals surface area (Å²) in [4.78, 5) is 12.8. The Hall–Kier alpha value is -2.08. The second-order valence-electron chi connectivity index (χ2n) is 5.42. The number of nitrogens with two attached hydrogens (primary N) is 2. The van der Waals surface area contributed by atoms with Crippen LogP contribution in [0.4, 0.5) is 0 Å². The van der Waals surface area contributed by atoms with Gasteiger partial charge in [-0.1, -0.05) is 29.8 Å². The highest BCUT2D eigenvalue weighted by molar-refractivity contribution is 5.93. The molecule has 0 aromatic heterocycles. The minimum atomic E-state index is 0.229. The van der Waals surface area contributed by atoms with Crippen LogP contribution in [-0.2, 0) is 6.54 Å². The predicted octanol–water partition coefficient (Wildman–Crippen LogP) is 0.372. The number of rotatable bonds is 2. The van der Waals surface area contributed by atoms with Gasteiger partial charge in [0.2, 0.25) is 5.96 Å². The number of hydrogen-bond acceptors (Lipinski definition) is 2. The van der Waals surface area contributed by atoms with Gasteiger partial charge in [0.15, 0.2) is 5.96 Å². The van der Waals surface area contributed by atoms with E-state index < -0.39 is 0 Å². The second kappa shape index (κ2) is 7.08. The van der Waals surface area contributed by atoms with Crippen LogP contribution in [0.25, 0.3) is 0 Å². The third-order valence-electron chi connectivity index (χ3n) is 3.60. The Morgan fingerprint density at radius 2 is 1.71 bits per heavy atom. The van der Waals surface area contributed by atoms with Crippen LogP contribution in [0.3, 0.4) is 0 Å². The summed E-state index contributed by atoms with van der Waals surface area (Å²) in [5, 5.41) is 0. The lowest BCUT2D eigenvalue weighted by Crippen LogP contribution is -2.50. The van der Waals surface area contributed by atoms with Crippen molar-refractivity contribution in [1.82, 2.24) is 9.80 Å². The fourth-order valence-corrected chi connectivity index (χ4v) is 2.12. The summed E-state index contributed by atoms with van der Waals surface area (Å²) in [5.74, 6) is 0.681. The van der Waals surface area contributed by atoms with E-state index in [-0.39, 0.29) is 5.96 Å². The molecule has 0 amide bonds. The molecule has 1 heterocycles. The van der Waals surface area contributed by atoms with Gasteiger partial charge in [0.25, 0.3) is 0 Å². The number of hydrogen-bond donors (Lipinski definition) is 2. The third-order valence-corrected chi connectivity index (χ3v) is 3.60. The van der Waals surface area contributed by atoms with E-state index >= 15 is 0 Å². The number of piperazine rings is 1. The van der Waals surface area contributed by atoms with Gasteiger partial charge in [-0.3, -0.25) is 0 Å². The maximum Gasteiger partial charge on any atom is 0.218 e. The molecule has 1 aliphatic rings. The van der Waals surface area contributed by atoms with Crippen molar-refractivity contribution in [2.75, 3.05) is 33.2 Å². The molecule has 1 saturated heterocycles. The van der Waals surface area contributed by atoms with Crippen LogP contribution in [0.1, 0.15) is 11.1 Å². The fourth-order valence-electron chi connectivity index (χ4n) is 2.12. The zero-order chi connectivity index (χ0) is 15.2. The van der Waals surface area contributed by atoms with Crippen LogP contribution in [0, 0.1) is 6.92 Å². The number of likely N-dealkylation sites (N-methyl/N-ethyl adjacent to an activating group) is 1. The average Bonchev–Trinajstić information content (AvgIpc) is 2.47. The van der Waals surface area contributed by atoms with E-state index in [0.717, 1.165) is 31.7 Å². The smallest absolute Gasteiger partial charge is 0.218 e. The second-order valence-corrected chi connectivity index (χ2v) is 5.42. The largest absolute Gasteiger partial charge is 0.369 e. The van der Waals surface area contributed by atoms with Gasteiger partial charge in [0, 0.05) is 26.2 Å². The van der Waals surface area contributed by atoms with Crippen LogP contribution >= 0.6 is 0 Å². The molecule has 1 aromatic carbocycles. The van der Waals surface area contributed by atoms with Crippen molar-refractivity contribution in [3.8, 4) is 0 Å². The molecular weight excluding hydrogens is 264 g/mol. The van der Waals surface area contributed by atoms with Gasteiger partial charge < -0.3 is 21.3 Å². The normalized spacial score (nSPS) is 18.1. The van der Waals surface area contributed by atoms with E-state index in [1.54, 1.807) is 0 Å². The first-order valence-corrected chi connectivity index (χ1v) is 7.18. The minimum Gasteiger partial charge on any atom is -0.369 e. The van der Waals surface area contributed by atoms with E-state index in [0.29, 0.717) is 12.5 Å². The first-order chi connectivity index (χ1) is 10.0. The van der Waals surface area contributed by atoms with E-state index in [1.165, 1.54) is 5.56 Å². The first kappa shape index (κ1) is 15.3. The molecule has 1 fully saturated rings. The maximum absolute atomic E-state index is 5.98. The zero-order valence-electron chi connectivity index (χ0n) is 12.8. The number of guanidine groups is 2. The molecule has 2 rings (SSSR count). The Kier molecular flexibility index (Phi) is 5.16. The Labute approximate surface area is 126 Å². The molecule has 21 heavy (non-hydrogen) atoms. The molecule has 0 bridgehead atoms. The molecule has 114 valence electrons. The number of aliphatic imine (C=N–C) groups is 2. The molecule has 4 N–H and O–H groups in total. The molecule has 0 saturated carbocycles. The Morgan fingerprint density at radius 3 is 2.33 bits per heavy atom. The number of nitrogens with zero attached hydrogens (tertiary/aromatic N) is 4. The number of benzene rings is 1. The van der Waals surface area contributed by atoms with Crippen LogP contribution in [0.5, 0.6) is 0 Å². The van der Waals surface area contributed by atoms with Gasteiger partial charge in [0.1, 0.15) is 0 Å². The van der Waals surface area contributed by atoms with E-state index in [2.05, 4.69) is 41.0 Å². The molecule has 1 aromatic rings.